The number of rotatable bonds is 4. The van der Waals surface area contributed by atoms with Crippen LogP contribution in [0.2, 0.25) is 0 Å². The number of aliphatic hydroxyl groups is 2. The maximum absolute atomic E-state index is 10.0. The first-order valence-corrected chi connectivity index (χ1v) is 3.98. The maximum atomic E-state index is 10.0. The van der Waals surface area contributed by atoms with Gasteiger partial charge < -0.3 is 22.9 Å². The van der Waals surface area contributed by atoms with Crippen molar-refractivity contribution in [2.45, 2.75) is 6.10 Å². The fourth-order valence-corrected chi connectivity index (χ4v) is 0.840. The van der Waals surface area contributed by atoms with E-state index >= 15 is 0 Å². The van der Waals surface area contributed by atoms with Crippen LogP contribution in [0.25, 0.3) is 0 Å². The number of hydrogen-bond acceptors (Lipinski definition) is 4. The minimum atomic E-state index is -4.57. The van der Waals surface area contributed by atoms with E-state index in [1.807, 2.05) is 0 Å². The molecule has 0 radical (unpaired) electrons. The van der Waals surface area contributed by atoms with Gasteiger partial charge in [0.25, 0.3) is 0 Å². The summed E-state index contributed by atoms with van der Waals surface area (Å²) in [6.07, 6.45) is -1.21. The van der Waals surface area contributed by atoms with Crippen LogP contribution >= 0.6 is 7.82 Å². The topological polar surface area (TPSA) is 107 Å². The molecule has 0 spiro atoms. The summed E-state index contributed by atoms with van der Waals surface area (Å²) in [7, 11) is -4.57. The molecule has 0 rings (SSSR count). The fourth-order valence-electron chi connectivity index (χ4n) is 0.319. The van der Waals surface area contributed by atoms with Crippen LogP contribution in [0, 0.1) is 0 Å². The molecule has 9 heteroatoms. The summed E-state index contributed by atoms with van der Waals surface area (Å²) in [5.74, 6) is 0. The molecule has 0 fully saturated rings. The fraction of sp³-hybridized carbons (Fsp3) is 1.00. The normalized spacial score (nSPS) is 10.4. The van der Waals surface area contributed by atoms with Crippen molar-refractivity contribution in [2.24, 2.45) is 0 Å². The van der Waals surface area contributed by atoms with Gasteiger partial charge in [-0.05, 0) is 0 Å². The molecule has 0 saturated heterocycles. The molecule has 0 aliphatic carbocycles. The van der Waals surface area contributed by atoms with Gasteiger partial charge in [-0.25, -0.2) is 4.57 Å². The van der Waals surface area contributed by atoms with Crippen LogP contribution in [-0.2, 0) is 9.09 Å². The molecule has 0 aromatic rings. The molecule has 66 valence electrons. The summed E-state index contributed by atoms with van der Waals surface area (Å²) in [5.41, 5.74) is 0. The Morgan fingerprint density at radius 2 is 1.58 bits per heavy atom. The third kappa shape index (κ3) is 13.3. The Kier molecular flexibility index (Phi) is 18.6. The minimum Gasteiger partial charge on any atom is -1.00 e. The third-order valence-corrected chi connectivity index (χ3v) is 1.27. The van der Waals surface area contributed by atoms with E-state index in [0.717, 1.165) is 0 Å². The molecule has 0 amide bonds. The van der Waals surface area contributed by atoms with Crippen molar-refractivity contribution in [1.29, 1.82) is 0 Å². The van der Waals surface area contributed by atoms with Gasteiger partial charge in [-0.15, -0.1) is 0 Å². The van der Waals surface area contributed by atoms with Crippen LogP contribution in [0.5, 0.6) is 0 Å². The van der Waals surface area contributed by atoms with Crippen LogP contribution in [0.1, 0.15) is 2.85 Å². The second kappa shape index (κ2) is 10.8. The molecule has 12 heavy (non-hydrogen) atoms. The van der Waals surface area contributed by atoms with Crippen LogP contribution < -0.4 is 103 Å². The van der Waals surface area contributed by atoms with Crippen LogP contribution in [-0.4, -0.2) is 39.3 Å². The van der Waals surface area contributed by atoms with E-state index in [2.05, 4.69) is 4.52 Å². The molecule has 0 atom stereocenters. The van der Waals surface area contributed by atoms with Crippen LogP contribution in [0.3, 0.4) is 0 Å². The Morgan fingerprint density at radius 1 is 1.25 bits per heavy atom. The molecule has 0 bridgehead atoms. The SMILES string of the molecule is O=P(O)(O)OC(CO)CO.[H-].[H-].[K+].[K+]. The molecular formula is C3H11K2O6P. The van der Waals surface area contributed by atoms with E-state index in [1.165, 1.54) is 0 Å². The van der Waals surface area contributed by atoms with Crippen LogP contribution in [0.4, 0.5) is 0 Å². The van der Waals surface area contributed by atoms with Gasteiger partial charge in [0, 0.05) is 0 Å². The molecule has 0 aliphatic rings. The first-order chi connectivity index (χ1) is 4.49. The minimum absolute atomic E-state index is 0. The monoisotopic (exact) mass is 252 g/mol. The van der Waals surface area contributed by atoms with E-state index in [-0.39, 0.29) is 106 Å². The van der Waals surface area contributed by atoms with Gasteiger partial charge >= 0.3 is 111 Å². The van der Waals surface area contributed by atoms with Gasteiger partial charge in [0.15, 0.2) is 0 Å². The predicted octanol–water partition coefficient (Wildman–Crippen LogP) is -7.32. The van der Waals surface area contributed by atoms with Crippen LogP contribution in [0.15, 0.2) is 0 Å². The number of phosphoric acid groups is 1. The maximum Gasteiger partial charge on any atom is 1.00 e. The van der Waals surface area contributed by atoms with E-state index in [4.69, 9.17) is 20.0 Å². The summed E-state index contributed by atoms with van der Waals surface area (Å²) in [6.45, 7) is -1.25. The average Bonchev–Trinajstić information content (AvgIpc) is 1.81. The average molecular weight is 252 g/mol. The summed E-state index contributed by atoms with van der Waals surface area (Å²) >= 11 is 0. The van der Waals surface area contributed by atoms with Gasteiger partial charge in [-0.1, -0.05) is 0 Å². The van der Waals surface area contributed by atoms with E-state index in [0.29, 0.717) is 0 Å². The van der Waals surface area contributed by atoms with Gasteiger partial charge in [0.2, 0.25) is 0 Å². The molecule has 0 unspecified atom stereocenters. The number of aliphatic hydroxyl groups excluding tert-OH is 2. The Balaban J connectivity index is -0.0000000675. The van der Waals surface area contributed by atoms with Crippen molar-refractivity contribution in [3.05, 3.63) is 0 Å². The molecule has 0 saturated carbocycles. The van der Waals surface area contributed by atoms with Gasteiger partial charge in [-0.2, -0.15) is 0 Å². The zero-order chi connectivity index (χ0) is 8.20. The standard InChI is InChI=1S/C3H9O6P.2K.2H/c4-1-3(2-5)9-10(6,7)8;;;;/h3-5H,1-2H2,(H2,6,7,8);;;;/q;2*+1;2*-1. The second-order valence-electron chi connectivity index (χ2n) is 1.58. The van der Waals surface area contributed by atoms with Crippen molar-refractivity contribution in [3.63, 3.8) is 0 Å². The molecule has 0 aromatic carbocycles. The summed E-state index contributed by atoms with van der Waals surface area (Å²) in [6, 6.07) is 0. The Morgan fingerprint density at radius 3 is 1.67 bits per heavy atom. The van der Waals surface area contributed by atoms with Crippen molar-refractivity contribution in [1.82, 2.24) is 0 Å². The smallest absolute Gasteiger partial charge is 1.00 e. The van der Waals surface area contributed by atoms with Crippen molar-refractivity contribution >= 4 is 7.82 Å². The third-order valence-electron chi connectivity index (χ3n) is 0.694. The van der Waals surface area contributed by atoms with Crippen molar-refractivity contribution in [3.8, 4) is 0 Å². The molecule has 0 heterocycles. The number of hydrogen-bond donors (Lipinski definition) is 4. The zero-order valence-electron chi connectivity index (χ0n) is 9.04. The van der Waals surface area contributed by atoms with Crippen molar-refractivity contribution in [2.75, 3.05) is 13.2 Å². The number of phosphoric ester groups is 1. The molecule has 4 N–H and O–H groups in total. The molecule has 0 aromatic heterocycles. The van der Waals surface area contributed by atoms with E-state index < -0.39 is 27.1 Å². The Labute approximate surface area is 158 Å². The van der Waals surface area contributed by atoms with Gasteiger partial charge in [0.1, 0.15) is 6.10 Å². The molecular weight excluding hydrogens is 241 g/mol. The van der Waals surface area contributed by atoms with Crippen molar-refractivity contribution < 1.29 is 135 Å². The summed E-state index contributed by atoms with van der Waals surface area (Å²) in [4.78, 5) is 16.2. The van der Waals surface area contributed by atoms with E-state index in [1.54, 1.807) is 0 Å². The predicted molar refractivity (Wildman–Crippen MR) is 33.3 cm³/mol. The van der Waals surface area contributed by atoms with Gasteiger partial charge in [-0.3, -0.25) is 4.52 Å². The summed E-state index contributed by atoms with van der Waals surface area (Å²) in [5, 5.41) is 16.5. The molecule has 6 nitrogen and oxygen atoms in total. The van der Waals surface area contributed by atoms with Gasteiger partial charge in [0.05, 0.1) is 13.2 Å². The quantitative estimate of drug-likeness (QED) is 0.292. The zero-order valence-corrected chi connectivity index (χ0v) is 14.2. The molecule has 0 aliphatic heterocycles. The first kappa shape index (κ1) is 20.7. The largest absolute Gasteiger partial charge is 1.00 e. The Hall–Kier alpha value is 3.30. The Bertz CT molecular complexity index is 141. The first-order valence-electron chi connectivity index (χ1n) is 2.45. The summed E-state index contributed by atoms with van der Waals surface area (Å²) < 4.78 is 13.9. The van der Waals surface area contributed by atoms with E-state index in [9.17, 15) is 4.57 Å². The second-order valence-corrected chi connectivity index (χ2v) is 2.78.